The van der Waals surface area contributed by atoms with Crippen LogP contribution >= 0.6 is 24.0 Å². The van der Waals surface area contributed by atoms with E-state index in [0.717, 1.165) is 83.8 Å². The van der Waals surface area contributed by atoms with Gasteiger partial charge >= 0.3 is 0 Å². The lowest BCUT2D eigenvalue weighted by molar-refractivity contribution is -0.138. The molecule has 1 aliphatic carbocycles. The van der Waals surface area contributed by atoms with Gasteiger partial charge in [0, 0.05) is 47.0 Å². The fourth-order valence-electron chi connectivity index (χ4n) is 3.91. The van der Waals surface area contributed by atoms with Crippen LogP contribution in [0.1, 0.15) is 51.9 Å². The Balaban J connectivity index is 0.00000392. The summed E-state index contributed by atoms with van der Waals surface area (Å²) in [6, 6.07) is 0. The number of amides is 1. The van der Waals surface area contributed by atoms with E-state index >= 15 is 0 Å². The number of guanidine groups is 1. The Bertz CT molecular complexity index is 476. The zero-order chi connectivity index (χ0) is 19.5. The van der Waals surface area contributed by atoms with E-state index in [4.69, 9.17) is 14.5 Å². The Morgan fingerprint density at radius 2 is 1.89 bits per heavy atom. The lowest BCUT2D eigenvalue weighted by Crippen LogP contribution is -2.43. The predicted octanol–water partition coefficient (Wildman–Crippen LogP) is 2.39. The highest BCUT2D eigenvalue weighted by molar-refractivity contribution is 14.0. The van der Waals surface area contributed by atoms with Gasteiger partial charge < -0.3 is 25.0 Å². The average molecular weight is 510 g/mol. The lowest BCUT2D eigenvalue weighted by atomic mass is 9.85. The highest BCUT2D eigenvalue weighted by Gasteiger charge is 2.42. The van der Waals surface area contributed by atoms with E-state index in [-0.39, 0.29) is 35.3 Å². The second-order valence-electron chi connectivity index (χ2n) is 7.85. The van der Waals surface area contributed by atoms with Gasteiger partial charge in [-0.25, -0.2) is 0 Å². The molecule has 0 aromatic carbocycles. The summed E-state index contributed by atoms with van der Waals surface area (Å²) in [6.45, 7) is 6.60. The molecule has 0 aromatic rings. The monoisotopic (exact) mass is 510 g/mol. The minimum absolute atomic E-state index is 0. The maximum atomic E-state index is 12.7. The summed E-state index contributed by atoms with van der Waals surface area (Å²) in [7, 11) is 3.68. The molecule has 2 rings (SSSR count). The number of nitrogens with one attached hydrogen (secondary N) is 2. The normalized spacial score (nSPS) is 19.8. The number of hydrogen-bond acceptors (Lipinski definition) is 4. The molecule has 0 bridgehead atoms. The summed E-state index contributed by atoms with van der Waals surface area (Å²) in [5, 5.41) is 6.67. The van der Waals surface area contributed by atoms with Crippen LogP contribution in [0.25, 0.3) is 0 Å². The number of hydrogen-bond donors (Lipinski definition) is 2. The van der Waals surface area contributed by atoms with Crippen molar-refractivity contribution in [3.63, 3.8) is 0 Å². The molecular formula is C20H39IN4O3. The first-order valence-electron chi connectivity index (χ1n) is 10.5. The van der Waals surface area contributed by atoms with Gasteiger partial charge in [-0.15, -0.1) is 24.0 Å². The zero-order valence-corrected chi connectivity index (χ0v) is 20.1. The molecule has 0 radical (unpaired) electrons. The van der Waals surface area contributed by atoms with Crippen LogP contribution in [0, 0.1) is 5.41 Å². The van der Waals surface area contributed by atoms with Gasteiger partial charge in [0.15, 0.2) is 5.96 Å². The van der Waals surface area contributed by atoms with Crippen molar-refractivity contribution in [1.82, 2.24) is 15.5 Å². The van der Waals surface area contributed by atoms with Gasteiger partial charge in [-0.1, -0.05) is 12.8 Å². The molecule has 164 valence electrons. The quantitative estimate of drug-likeness (QED) is 0.216. The van der Waals surface area contributed by atoms with E-state index in [1.54, 1.807) is 4.90 Å². The van der Waals surface area contributed by atoms with E-state index in [0.29, 0.717) is 12.6 Å². The van der Waals surface area contributed by atoms with Crippen molar-refractivity contribution < 1.29 is 14.3 Å². The molecule has 1 aliphatic heterocycles. The van der Waals surface area contributed by atoms with E-state index in [1.165, 1.54) is 0 Å². The Labute approximate surface area is 187 Å². The fraction of sp³-hybridized carbons (Fsp3) is 0.900. The van der Waals surface area contributed by atoms with Gasteiger partial charge in [-0.05, 0) is 39.0 Å². The summed E-state index contributed by atoms with van der Waals surface area (Å²) in [5.41, 5.74) is -0.321. The zero-order valence-electron chi connectivity index (χ0n) is 17.8. The van der Waals surface area contributed by atoms with Crippen molar-refractivity contribution in [3.8, 4) is 0 Å². The highest BCUT2D eigenvalue weighted by Crippen LogP contribution is 2.39. The van der Waals surface area contributed by atoms with Crippen molar-refractivity contribution in [2.75, 3.05) is 53.6 Å². The molecule has 0 unspecified atom stereocenters. The molecule has 28 heavy (non-hydrogen) atoms. The lowest BCUT2D eigenvalue weighted by Gasteiger charge is -2.29. The molecular weight excluding hydrogens is 471 g/mol. The third-order valence-electron chi connectivity index (χ3n) is 5.44. The summed E-state index contributed by atoms with van der Waals surface area (Å²) in [4.78, 5) is 19.1. The third kappa shape index (κ3) is 8.02. The van der Waals surface area contributed by atoms with Crippen LogP contribution in [0.2, 0.25) is 0 Å². The molecule has 2 aliphatic rings. The largest absolute Gasteiger partial charge is 0.381 e. The fourth-order valence-corrected chi connectivity index (χ4v) is 3.91. The third-order valence-corrected chi connectivity index (χ3v) is 5.44. The number of halogens is 1. The van der Waals surface area contributed by atoms with Gasteiger partial charge in [-0.2, -0.15) is 0 Å². The van der Waals surface area contributed by atoms with Crippen LogP contribution in [-0.4, -0.2) is 76.4 Å². The van der Waals surface area contributed by atoms with Gasteiger partial charge in [-0.3, -0.25) is 9.79 Å². The molecule has 1 amide bonds. The van der Waals surface area contributed by atoms with Crippen LogP contribution in [0.15, 0.2) is 4.99 Å². The molecule has 0 spiro atoms. The van der Waals surface area contributed by atoms with Gasteiger partial charge in [0.1, 0.15) is 0 Å². The summed E-state index contributed by atoms with van der Waals surface area (Å²) in [6.07, 6.45) is 7.38. The maximum Gasteiger partial charge on any atom is 0.230 e. The van der Waals surface area contributed by atoms with E-state index in [1.807, 2.05) is 14.1 Å². The summed E-state index contributed by atoms with van der Waals surface area (Å²) >= 11 is 0. The number of nitrogens with zero attached hydrogens (tertiary/aromatic N) is 2. The Morgan fingerprint density at radius 3 is 2.50 bits per heavy atom. The number of aliphatic imine (C=N–C) groups is 1. The average Bonchev–Trinajstić information content (AvgIpc) is 3.16. The minimum atomic E-state index is -0.321. The smallest absolute Gasteiger partial charge is 0.230 e. The van der Waals surface area contributed by atoms with Crippen LogP contribution in [0.4, 0.5) is 0 Å². The molecule has 2 N–H and O–H groups in total. The van der Waals surface area contributed by atoms with Gasteiger partial charge in [0.25, 0.3) is 0 Å². The summed E-state index contributed by atoms with van der Waals surface area (Å²) in [5.74, 6) is 1.01. The second kappa shape index (κ2) is 13.6. The minimum Gasteiger partial charge on any atom is -0.381 e. The Morgan fingerprint density at radius 1 is 1.21 bits per heavy atom. The Kier molecular flexibility index (Phi) is 12.3. The predicted molar refractivity (Wildman–Crippen MR) is 123 cm³/mol. The van der Waals surface area contributed by atoms with Crippen LogP contribution < -0.4 is 10.6 Å². The molecule has 1 saturated heterocycles. The topological polar surface area (TPSA) is 75.2 Å². The molecule has 1 heterocycles. The first-order chi connectivity index (χ1) is 13.1. The second-order valence-corrected chi connectivity index (χ2v) is 7.85. The van der Waals surface area contributed by atoms with Crippen LogP contribution in [0.5, 0.6) is 0 Å². The van der Waals surface area contributed by atoms with E-state index in [2.05, 4.69) is 17.6 Å². The Hall–Kier alpha value is -0.610. The maximum absolute atomic E-state index is 12.7. The molecule has 2 fully saturated rings. The van der Waals surface area contributed by atoms with E-state index < -0.39 is 0 Å². The number of carbonyl (C=O) groups excluding carboxylic acids is 1. The van der Waals surface area contributed by atoms with E-state index in [9.17, 15) is 4.79 Å². The van der Waals surface area contributed by atoms with Crippen molar-refractivity contribution in [2.45, 2.75) is 58.0 Å². The summed E-state index contributed by atoms with van der Waals surface area (Å²) < 4.78 is 11.3. The number of rotatable bonds is 9. The van der Waals surface area contributed by atoms with Crippen molar-refractivity contribution >= 4 is 35.8 Å². The number of carbonyl (C=O) groups is 1. The number of ether oxygens (including phenoxy) is 2. The molecule has 0 aromatic heterocycles. The first-order valence-corrected chi connectivity index (χ1v) is 10.5. The molecule has 1 saturated carbocycles. The molecule has 7 nitrogen and oxygen atoms in total. The van der Waals surface area contributed by atoms with Gasteiger partial charge in [0.2, 0.25) is 5.91 Å². The highest BCUT2D eigenvalue weighted by atomic mass is 127. The molecule has 0 atom stereocenters. The SMILES string of the molecule is CCNC(=NCC1(C(=O)N(C)C)CCCC1)NCCCOC1CCOCC1.I. The van der Waals surface area contributed by atoms with Crippen molar-refractivity contribution in [2.24, 2.45) is 10.4 Å². The van der Waals surface area contributed by atoms with Gasteiger partial charge in [0.05, 0.1) is 18.1 Å². The molecule has 8 heteroatoms. The van der Waals surface area contributed by atoms with Crippen LogP contribution in [-0.2, 0) is 14.3 Å². The van der Waals surface area contributed by atoms with Crippen molar-refractivity contribution in [1.29, 1.82) is 0 Å². The van der Waals surface area contributed by atoms with Crippen LogP contribution in [0.3, 0.4) is 0 Å². The standard InChI is InChI=1S/C20H38N4O3.HI/c1-4-21-19(22-12-7-13-27-17-8-14-26-15-9-17)23-16-20(10-5-6-11-20)18(25)24(2)3;/h17H,4-16H2,1-3H3,(H2,21,22,23);1H. The first kappa shape index (κ1) is 25.4. The van der Waals surface area contributed by atoms with Crippen molar-refractivity contribution in [3.05, 3.63) is 0 Å².